The Balaban J connectivity index is 1.34. The lowest BCUT2D eigenvalue weighted by Crippen LogP contribution is -2.59. The maximum absolute atomic E-state index is 12.5. The summed E-state index contributed by atoms with van der Waals surface area (Å²) < 4.78 is 34.1. The Morgan fingerprint density at radius 1 is 1.12 bits per heavy atom. The first-order valence-corrected chi connectivity index (χ1v) is 12.8. The number of rotatable bonds is 7. The molecule has 0 radical (unpaired) electrons. The Morgan fingerprint density at radius 2 is 1.85 bits per heavy atom. The number of aryl methyl sites for hydroxylation is 1. The molecule has 0 unspecified atom stereocenters. The molecule has 4 heterocycles. The van der Waals surface area contributed by atoms with E-state index in [1.54, 1.807) is 20.8 Å². The van der Waals surface area contributed by atoms with Crippen molar-refractivity contribution in [2.45, 2.75) is 81.7 Å². The van der Waals surface area contributed by atoms with Crippen LogP contribution in [0.5, 0.6) is 11.5 Å². The number of aliphatic hydroxyl groups is 6. The summed E-state index contributed by atoms with van der Waals surface area (Å²) in [6, 6.07) is 2.80. The first-order valence-electron chi connectivity index (χ1n) is 12.8. The van der Waals surface area contributed by atoms with Crippen LogP contribution in [0, 0.1) is 12.8 Å². The Bertz CT molecular complexity index is 1310. The second kappa shape index (κ2) is 10.5. The van der Waals surface area contributed by atoms with Crippen LogP contribution in [0.1, 0.15) is 25.2 Å². The number of aliphatic hydroxyl groups excluding tert-OH is 5. The minimum Gasteiger partial charge on any atom is -0.507 e. The third-order valence-corrected chi connectivity index (χ3v) is 7.77. The summed E-state index contributed by atoms with van der Waals surface area (Å²) in [6.45, 7) is 3.36. The van der Waals surface area contributed by atoms with E-state index >= 15 is 0 Å². The minimum absolute atomic E-state index is 0.0322. The zero-order valence-electron chi connectivity index (χ0n) is 22.1. The monoisotopic (exact) mass is 570 g/mol. The van der Waals surface area contributed by atoms with Crippen molar-refractivity contribution in [1.82, 2.24) is 0 Å². The summed E-state index contributed by atoms with van der Waals surface area (Å²) in [5.41, 5.74) is -2.97. The summed E-state index contributed by atoms with van der Waals surface area (Å²) >= 11 is 0. The van der Waals surface area contributed by atoms with Gasteiger partial charge in [0, 0.05) is 24.1 Å². The van der Waals surface area contributed by atoms with Crippen molar-refractivity contribution in [2.75, 3.05) is 19.8 Å². The smallest absolute Gasteiger partial charge is 0.196 e. The van der Waals surface area contributed by atoms with Gasteiger partial charge in [0.1, 0.15) is 57.7 Å². The zero-order chi connectivity index (χ0) is 29.1. The molecule has 3 aliphatic heterocycles. The fourth-order valence-corrected chi connectivity index (χ4v) is 5.22. The molecule has 40 heavy (non-hydrogen) atoms. The van der Waals surface area contributed by atoms with E-state index in [9.17, 15) is 40.5 Å². The highest BCUT2D eigenvalue weighted by Crippen LogP contribution is 2.44. The first-order chi connectivity index (χ1) is 18.8. The molecule has 0 spiro atoms. The molecule has 14 heteroatoms. The van der Waals surface area contributed by atoms with Crippen molar-refractivity contribution in [1.29, 1.82) is 0 Å². The van der Waals surface area contributed by atoms with E-state index in [0.717, 1.165) is 0 Å². The molecule has 2 saturated heterocycles. The van der Waals surface area contributed by atoms with Crippen LogP contribution in [0.4, 0.5) is 0 Å². The van der Waals surface area contributed by atoms with Gasteiger partial charge < -0.3 is 63.8 Å². The Labute approximate surface area is 227 Å². The molecule has 0 amide bonds. The SMILES string of the molecule is Cc1cc(=O)c2c(O)c3c(cc2o1)O[C@H](C(C)(C)O[C@@H]1O[C@H](O)[C@@H](O)[C@H](O)[C@H]1CO[C@@H]1OC[C@](O)(CO)[C@H]1O)C3. The molecule has 0 saturated carbocycles. The third kappa shape index (κ3) is 4.98. The van der Waals surface area contributed by atoms with Crippen LogP contribution in [0.3, 0.4) is 0 Å². The van der Waals surface area contributed by atoms with Crippen LogP contribution in [0.15, 0.2) is 21.3 Å². The molecule has 5 rings (SSSR count). The molecular formula is C26H34O14. The van der Waals surface area contributed by atoms with Crippen molar-refractivity contribution in [3.05, 3.63) is 33.7 Å². The highest BCUT2D eigenvalue weighted by molar-refractivity contribution is 5.87. The van der Waals surface area contributed by atoms with Crippen molar-refractivity contribution in [3.8, 4) is 11.5 Å². The Morgan fingerprint density at radius 3 is 2.52 bits per heavy atom. The highest BCUT2D eigenvalue weighted by Gasteiger charge is 2.52. The standard InChI is InChI=1S/C26H34O14/c1-10-4-13(28)17-15(37-10)6-14-11(18(17)29)5-16(38-14)25(2,3)40-23-12(19(30)20(31)22(33)39-23)7-35-24-21(32)26(34,8-27)9-36-24/h4,6,12,16,19-24,27,29-34H,5,7-9H2,1-3H3/t12-,16+,19-,20+,21+,22+,23+,24-,26-/m1/s1. The predicted molar refractivity (Wildman–Crippen MR) is 132 cm³/mol. The number of ether oxygens (including phenoxy) is 5. The molecule has 0 aliphatic carbocycles. The van der Waals surface area contributed by atoms with E-state index in [1.807, 2.05) is 0 Å². The fraction of sp³-hybridized carbons (Fsp3) is 0.654. The molecule has 222 valence electrons. The number of benzene rings is 1. The number of phenolic OH excluding ortho intramolecular Hbond substituents is 1. The molecule has 7 N–H and O–H groups in total. The van der Waals surface area contributed by atoms with Gasteiger partial charge in [-0.25, -0.2) is 0 Å². The zero-order valence-corrected chi connectivity index (χ0v) is 22.1. The maximum Gasteiger partial charge on any atom is 0.196 e. The van der Waals surface area contributed by atoms with Gasteiger partial charge in [0.15, 0.2) is 24.3 Å². The van der Waals surface area contributed by atoms with E-state index in [1.165, 1.54) is 12.1 Å². The van der Waals surface area contributed by atoms with E-state index in [4.69, 9.17) is 28.1 Å². The largest absolute Gasteiger partial charge is 0.507 e. The average Bonchev–Trinajstić information content (AvgIpc) is 3.44. The molecule has 14 nitrogen and oxygen atoms in total. The van der Waals surface area contributed by atoms with E-state index < -0.39 is 85.7 Å². The Hall–Kier alpha value is -2.37. The Kier molecular flexibility index (Phi) is 7.63. The molecule has 3 aliphatic rings. The van der Waals surface area contributed by atoms with Gasteiger partial charge in [0.05, 0.1) is 31.8 Å². The second-order valence-corrected chi connectivity index (χ2v) is 11.1. The molecule has 1 aromatic carbocycles. The van der Waals surface area contributed by atoms with Gasteiger partial charge >= 0.3 is 0 Å². The van der Waals surface area contributed by atoms with Crippen LogP contribution in [0.25, 0.3) is 11.0 Å². The highest BCUT2D eigenvalue weighted by atomic mass is 16.8. The maximum atomic E-state index is 12.5. The van der Waals surface area contributed by atoms with Gasteiger partial charge in [0.2, 0.25) is 0 Å². The van der Waals surface area contributed by atoms with Gasteiger partial charge in [-0.3, -0.25) is 4.79 Å². The van der Waals surface area contributed by atoms with Gasteiger partial charge in [-0.15, -0.1) is 0 Å². The number of aromatic hydroxyl groups is 1. The lowest BCUT2D eigenvalue weighted by Gasteiger charge is -2.44. The van der Waals surface area contributed by atoms with Crippen LogP contribution in [-0.4, -0.2) is 110 Å². The topological polar surface area (TPSA) is 218 Å². The molecule has 2 fully saturated rings. The lowest BCUT2D eigenvalue weighted by atomic mass is 9.92. The van der Waals surface area contributed by atoms with Gasteiger partial charge in [0.25, 0.3) is 0 Å². The van der Waals surface area contributed by atoms with E-state index in [2.05, 4.69) is 0 Å². The molecule has 1 aromatic heterocycles. The van der Waals surface area contributed by atoms with Crippen LogP contribution in [0.2, 0.25) is 0 Å². The van der Waals surface area contributed by atoms with Gasteiger partial charge in [-0.2, -0.15) is 0 Å². The summed E-state index contributed by atoms with van der Waals surface area (Å²) in [7, 11) is 0. The van der Waals surface area contributed by atoms with Crippen LogP contribution < -0.4 is 10.2 Å². The summed E-state index contributed by atoms with van der Waals surface area (Å²) in [6.07, 6.45) is -9.98. The van der Waals surface area contributed by atoms with Gasteiger partial charge in [-0.1, -0.05) is 0 Å². The summed E-state index contributed by atoms with van der Waals surface area (Å²) in [5.74, 6) is -0.703. The predicted octanol–water partition coefficient (Wildman–Crippen LogP) is -1.62. The van der Waals surface area contributed by atoms with Crippen molar-refractivity contribution in [2.24, 2.45) is 5.92 Å². The van der Waals surface area contributed by atoms with Crippen molar-refractivity contribution >= 4 is 11.0 Å². The third-order valence-electron chi connectivity index (χ3n) is 7.77. The fourth-order valence-electron chi connectivity index (χ4n) is 5.22. The summed E-state index contributed by atoms with van der Waals surface area (Å²) in [4.78, 5) is 12.5. The number of hydrogen-bond acceptors (Lipinski definition) is 14. The average molecular weight is 571 g/mol. The van der Waals surface area contributed by atoms with Crippen LogP contribution >= 0.6 is 0 Å². The number of fused-ring (bicyclic) bond motifs is 2. The van der Waals surface area contributed by atoms with E-state index in [0.29, 0.717) is 17.1 Å². The molecular weight excluding hydrogens is 536 g/mol. The van der Waals surface area contributed by atoms with Crippen LogP contribution in [-0.2, 0) is 25.4 Å². The molecule has 9 atom stereocenters. The number of phenols is 1. The van der Waals surface area contributed by atoms with Gasteiger partial charge in [-0.05, 0) is 20.8 Å². The normalized spacial score (nSPS) is 36.1. The quantitative estimate of drug-likeness (QED) is 0.199. The van der Waals surface area contributed by atoms with Crippen molar-refractivity contribution < 1.29 is 63.8 Å². The minimum atomic E-state index is -1.93. The molecule has 0 bridgehead atoms. The summed E-state index contributed by atoms with van der Waals surface area (Å²) in [5, 5.41) is 71.8. The first kappa shape index (κ1) is 29.1. The number of hydrogen-bond donors (Lipinski definition) is 7. The van der Waals surface area contributed by atoms with Crippen molar-refractivity contribution in [3.63, 3.8) is 0 Å². The van der Waals surface area contributed by atoms with E-state index in [-0.39, 0.29) is 23.1 Å². The molecule has 2 aromatic rings. The lowest BCUT2D eigenvalue weighted by molar-refractivity contribution is -0.358. The second-order valence-electron chi connectivity index (χ2n) is 11.1.